The fourth-order valence-electron chi connectivity index (χ4n) is 10.8. The Morgan fingerprint density at radius 2 is 0.415 bits per heavy atom. The zero-order valence-corrected chi connectivity index (χ0v) is 45.7. The van der Waals surface area contributed by atoms with Crippen molar-refractivity contribution in [3.05, 3.63) is 0 Å². The summed E-state index contributed by atoms with van der Waals surface area (Å²) in [5.41, 5.74) is 0. The third-order valence-corrected chi connectivity index (χ3v) is 15.4. The lowest BCUT2D eigenvalue weighted by atomic mass is 9.81. The number of ether oxygens (including phenoxy) is 3. The van der Waals surface area contributed by atoms with E-state index in [-0.39, 0.29) is 18.3 Å². The van der Waals surface area contributed by atoms with Crippen LogP contribution in [0.1, 0.15) is 355 Å². The Hall–Kier alpha value is -0.120. The van der Waals surface area contributed by atoms with Gasteiger partial charge in [-0.25, -0.2) is 0 Å². The summed E-state index contributed by atoms with van der Waals surface area (Å²) in [6.07, 6.45) is 71.7. The summed E-state index contributed by atoms with van der Waals surface area (Å²) in [7, 11) is 0. The molecule has 0 aliphatic heterocycles. The second-order valence-corrected chi connectivity index (χ2v) is 21.8. The van der Waals surface area contributed by atoms with Crippen molar-refractivity contribution in [1.82, 2.24) is 0 Å². The van der Waals surface area contributed by atoms with Crippen molar-refractivity contribution >= 4 is 0 Å². The Labute approximate surface area is 411 Å². The third kappa shape index (κ3) is 43.6. The van der Waals surface area contributed by atoms with Gasteiger partial charge in [0.25, 0.3) is 0 Å². The van der Waals surface area contributed by atoms with Crippen LogP contribution in [0.15, 0.2) is 0 Å². The second-order valence-electron chi connectivity index (χ2n) is 21.8. The van der Waals surface area contributed by atoms with Gasteiger partial charge in [0.1, 0.15) is 6.10 Å². The topological polar surface area (TPSA) is 27.7 Å². The predicted octanol–water partition coefficient (Wildman–Crippen LogP) is 21.7. The first-order chi connectivity index (χ1) is 32.3. The van der Waals surface area contributed by atoms with E-state index in [4.69, 9.17) is 14.2 Å². The van der Waals surface area contributed by atoms with Crippen LogP contribution in [0.2, 0.25) is 0 Å². The SMILES string of the molecule is CCCCCCCCCCCCCCCCCCOC1CC(CC)CC(OCCCCCCCCCCCCCCCCCC)C1OCCCCCCCCCCCCCCCCCC. The molecule has 0 bridgehead atoms. The summed E-state index contributed by atoms with van der Waals surface area (Å²) in [5, 5.41) is 0. The lowest BCUT2D eigenvalue weighted by molar-refractivity contribution is -0.170. The molecule has 390 valence electrons. The van der Waals surface area contributed by atoms with Crippen LogP contribution in [0, 0.1) is 5.92 Å². The molecule has 2 unspecified atom stereocenters. The molecular formula is C62H124O3. The van der Waals surface area contributed by atoms with Crippen LogP contribution < -0.4 is 0 Å². The average Bonchev–Trinajstić information content (AvgIpc) is 3.32. The zero-order chi connectivity index (χ0) is 46.6. The second kappa shape index (κ2) is 53.2. The van der Waals surface area contributed by atoms with Gasteiger partial charge in [-0.3, -0.25) is 0 Å². The molecule has 3 nitrogen and oxygen atoms in total. The van der Waals surface area contributed by atoms with Gasteiger partial charge in [-0.1, -0.05) is 323 Å². The van der Waals surface area contributed by atoms with Crippen LogP contribution in [0.25, 0.3) is 0 Å². The molecule has 0 N–H and O–H groups in total. The molecule has 0 spiro atoms. The minimum atomic E-state index is 0.108. The Morgan fingerprint density at radius 1 is 0.231 bits per heavy atom. The lowest BCUT2D eigenvalue weighted by Gasteiger charge is -2.41. The van der Waals surface area contributed by atoms with E-state index in [1.165, 1.54) is 315 Å². The van der Waals surface area contributed by atoms with Gasteiger partial charge < -0.3 is 14.2 Å². The summed E-state index contributed by atoms with van der Waals surface area (Å²) in [5.74, 6) is 0.692. The van der Waals surface area contributed by atoms with Gasteiger partial charge >= 0.3 is 0 Å². The monoisotopic (exact) mass is 917 g/mol. The third-order valence-electron chi connectivity index (χ3n) is 15.4. The molecule has 0 radical (unpaired) electrons. The van der Waals surface area contributed by atoms with Crippen molar-refractivity contribution in [3.8, 4) is 0 Å². The van der Waals surface area contributed by atoms with Crippen LogP contribution in [-0.2, 0) is 14.2 Å². The fourth-order valence-corrected chi connectivity index (χ4v) is 10.8. The Bertz CT molecular complexity index is 813. The largest absolute Gasteiger partial charge is 0.375 e. The van der Waals surface area contributed by atoms with Gasteiger partial charge in [-0.15, -0.1) is 0 Å². The standard InChI is InChI=1S/C62H124O3/c1-5-9-12-15-18-21-24-27-30-33-36-39-42-45-48-51-54-63-60-57-59(8-4)58-61(64-55-52-49-46-43-40-37-34-31-28-25-22-19-16-13-10-6-2)62(60)65-56-53-50-47-44-41-38-35-32-29-26-23-20-17-14-11-7-3/h59-62H,5-58H2,1-4H3. The van der Waals surface area contributed by atoms with Crippen molar-refractivity contribution in [2.24, 2.45) is 5.92 Å². The first-order valence-electron chi connectivity index (χ1n) is 31.1. The molecule has 0 amide bonds. The van der Waals surface area contributed by atoms with E-state index in [1.807, 2.05) is 0 Å². The van der Waals surface area contributed by atoms with Gasteiger partial charge in [0.15, 0.2) is 0 Å². The number of hydrogen-bond acceptors (Lipinski definition) is 3. The average molecular weight is 918 g/mol. The highest BCUT2D eigenvalue weighted by Crippen LogP contribution is 2.34. The van der Waals surface area contributed by atoms with Gasteiger partial charge in [0, 0.05) is 19.8 Å². The molecule has 1 aliphatic rings. The molecule has 1 saturated carbocycles. The molecule has 1 rings (SSSR count). The smallest absolute Gasteiger partial charge is 0.110 e. The lowest BCUT2D eigenvalue weighted by Crippen LogP contribution is -2.49. The van der Waals surface area contributed by atoms with E-state index in [0.717, 1.165) is 32.7 Å². The maximum Gasteiger partial charge on any atom is 0.110 e. The first-order valence-corrected chi connectivity index (χ1v) is 31.1. The summed E-state index contributed by atoms with van der Waals surface area (Å²) < 4.78 is 20.4. The number of unbranched alkanes of at least 4 members (excludes halogenated alkanes) is 45. The van der Waals surface area contributed by atoms with Crippen molar-refractivity contribution in [2.75, 3.05) is 19.8 Å². The number of hydrogen-bond donors (Lipinski definition) is 0. The van der Waals surface area contributed by atoms with Crippen LogP contribution >= 0.6 is 0 Å². The minimum Gasteiger partial charge on any atom is -0.375 e. The van der Waals surface area contributed by atoms with Crippen molar-refractivity contribution in [2.45, 2.75) is 373 Å². The van der Waals surface area contributed by atoms with Gasteiger partial charge in [-0.2, -0.15) is 0 Å². The van der Waals surface area contributed by atoms with Crippen LogP contribution in [0.5, 0.6) is 0 Å². The summed E-state index contributed by atoms with van der Waals surface area (Å²) in [6, 6.07) is 0. The highest BCUT2D eigenvalue weighted by atomic mass is 16.6. The Balaban J connectivity index is 2.34. The molecule has 0 heterocycles. The molecule has 0 aromatic heterocycles. The minimum absolute atomic E-state index is 0.108. The summed E-state index contributed by atoms with van der Waals surface area (Å²) >= 11 is 0. The normalized spacial score (nSPS) is 17.7. The van der Waals surface area contributed by atoms with Gasteiger partial charge in [0.05, 0.1) is 12.2 Å². The van der Waals surface area contributed by atoms with Crippen molar-refractivity contribution in [1.29, 1.82) is 0 Å². The highest BCUT2D eigenvalue weighted by Gasteiger charge is 2.39. The quantitative estimate of drug-likeness (QED) is 0.0569. The van der Waals surface area contributed by atoms with E-state index in [1.54, 1.807) is 0 Å². The van der Waals surface area contributed by atoms with Crippen molar-refractivity contribution < 1.29 is 14.2 Å². The zero-order valence-electron chi connectivity index (χ0n) is 45.7. The van der Waals surface area contributed by atoms with Crippen LogP contribution in [-0.4, -0.2) is 38.1 Å². The van der Waals surface area contributed by atoms with Crippen LogP contribution in [0.4, 0.5) is 0 Å². The first kappa shape index (κ1) is 62.9. The van der Waals surface area contributed by atoms with Crippen LogP contribution in [0.3, 0.4) is 0 Å². The molecule has 65 heavy (non-hydrogen) atoms. The molecule has 3 heteroatoms. The van der Waals surface area contributed by atoms with Crippen molar-refractivity contribution in [3.63, 3.8) is 0 Å². The molecule has 1 fully saturated rings. The molecule has 0 aromatic carbocycles. The molecule has 0 aromatic rings. The van der Waals surface area contributed by atoms with E-state index < -0.39 is 0 Å². The molecule has 0 saturated heterocycles. The van der Waals surface area contributed by atoms with E-state index in [0.29, 0.717) is 5.92 Å². The number of rotatable bonds is 55. The summed E-state index contributed by atoms with van der Waals surface area (Å²) in [4.78, 5) is 0. The maximum atomic E-state index is 6.84. The van der Waals surface area contributed by atoms with E-state index in [9.17, 15) is 0 Å². The van der Waals surface area contributed by atoms with E-state index in [2.05, 4.69) is 27.7 Å². The van der Waals surface area contributed by atoms with Gasteiger partial charge in [0.2, 0.25) is 0 Å². The Morgan fingerprint density at radius 3 is 0.615 bits per heavy atom. The molecule has 1 aliphatic carbocycles. The van der Waals surface area contributed by atoms with E-state index >= 15 is 0 Å². The maximum absolute atomic E-state index is 6.84. The predicted molar refractivity (Wildman–Crippen MR) is 291 cm³/mol. The van der Waals surface area contributed by atoms with Gasteiger partial charge in [-0.05, 0) is 38.0 Å². The fraction of sp³-hybridized carbons (Fsp3) is 1.00. The summed E-state index contributed by atoms with van der Waals surface area (Å²) in [6.45, 7) is 12.0. The highest BCUT2D eigenvalue weighted by molar-refractivity contribution is 4.89. The Kier molecular flexibility index (Phi) is 51.5. The molecule has 2 atom stereocenters. The molecular weight excluding hydrogens is 793 g/mol.